The van der Waals surface area contributed by atoms with Gasteiger partial charge in [0.05, 0.1) is 0 Å². The van der Waals surface area contributed by atoms with Gasteiger partial charge in [0.2, 0.25) is 0 Å². The molecule has 3 heteroatoms. The fourth-order valence-electron chi connectivity index (χ4n) is 0.219. The van der Waals surface area contributed by atoms with Gasteiger partial charge in [-0.2, -0.15) is 13.5 Å². The predicted octanol–water partition coefficient (Wildman–Crippen LogP) is 1.09. The first-order valence-electron chi connectivity index (χ1n) is 1.61. The lowest BCUT2D eigenvalue weighted by Crippen LogP contribution is -1.74. The molecule has 0 aromatic rings. The van der Waals surface area contributed by atoms with E-state index in [1.54, 1.807) is 0 Å². The Morgan fingerprint density at radius 2 is 1.00 bits per heavy atom. The monoisotopic (exact) mass is 118 g/mol. The largest absolute Gasteiger partial charge is 0.466 e. The Labute approximate surface area is 48.9 Å². The van der Waals surface area contributed by atoms with Crippen LogP contribution in [0.15, 0.2) is 25.0 Å². The summed E-state index contributed by atoms with van der Waals surface area (Å²) < 4.78 is 9.17. The number of hydrogen-bond donors (Lipinski definition) is 0. The van der Waals surface area contributed by atoms with E-state index in [-0.39, 0.29) is 13.5 Å². The van der Waals surface area contributed by atoms with E-state index < -0.39 is 0 Å². The third-order valence-electron chi connectivity index (χ3n) is 0.425. The van der Waals surface area contributed by atoms with Crippen LogP contribution in [0.4, 0.5) is 0 Å². The summed E-state index contributed by atoms with van der Waals surface area (Å²) in [5.74, 6) is 0. The summed E-state index contributed by atoms with van der Waals surface area (Å²) in [5.41, 5.74) is 0. The second-order valence-corrected chi connectivity index (χ2v) is 0.816. The van der Waals surface area contributed by atoms with Gasteiger partial charge in [-0.25, -0.2) is 0 Å². The van der Waals surface area contributed by atoms with Crippen molar-refractivity contribution in [3.8, 4) is 0 Å². The van der Waals surface area contributed by atoms with Gasteiger partial charge in [-0.3, -0.25) is 0 Å². The molecule has 7 heavy (non-hydrogen) atoms. The first kappa shape index (κ1) is 6.43. The molecule has 0 aromatic heterocycles. The lowest BCUT2D eigenvalue weighted by atomic mass is 10.9. The second-order valence-electron chi connectivity index (χ2n) is 0.816. The summed E-state index contributed by atoms with van der Waals surface area (Å²) in [6.07, 6.45) is 5.83. The van der Waals surface area contributed by atoms with Crippen molar-refractivity contribution in [1.82, 2.24) is 0 Å². The Kier molecular flexibility index (Phi) is 3.32. The zero-order valence-corrected chi connectivity index (χ0v) is 4.63. The highest BCUT2D eigenvalue weighted by atomic mass is 32.1. The summed E-state index contributed by atoms with van der Waals surface area (Å²) in [5, 5.41) is 0. The van der Waals surface area contributed by atoms with E-state index >= 15 is 0 Å². The predicted molar refractivity (Wildman–Crippen MR) is 30.8 cm³/mol. The molecule has 0 N–H and O–H groups in total. The van der Waals surface area contributed by atoms with Gasteiger partial charge in [0, 0.05) is 0 Å². The molecule has 2 nitrogen and oxygen atoms in total. The summed E-state index contributed by atoms with van der Waals surface area (Å²) >= 11 is 0. The molecule has 0 radical (unpaired) electrons. The Hall–Kier alpha value is -0.570. The van der Waals surface area contributed by atoms with Crippen LogP contribution in [-0.4, -0.2) is 0 Å². The van der Waals surface area contributed by atoms with Crippen LogP contribution in [0.3, 0.4) is 0 Å². The Balaban J connectivity index is 0.000000360. The highest BCUT2D eigenvalue weighted by Gasteiger charge is 1.74. The lowest BCUT2D eigenvalue weighted by molar-refractivity contribution is 0.290. The standard InChI is InChI=1S/C4H4O2.H2S/c1-2-6-4-3-5-1;/h1-4H;1H2. The molecule has 40 valence electrons. The van der Waals surface area contributed by atoms with Gasteiger partial charge in [-0.05, 0) is 0 Å². The van der Waals surface area contributed by atoms with E-state index in [2.05, 4.69) is 9.47 Å². The quantitative estimate of drug-likeness (QED) is 0.474. The third kappa shape index (κ3) is 2.17. The first-order valence-corrected chi connectivity index (χ1v) is 1.61. The maximum atomic E-state index is 4.58. The minimum Gasteiger partial charge on any atom is -0.466 e. The van der Waals surface area contributed by atoms with E-state index in [1.807, 2.05) is 0 Å². The molecule has 0 fully saturated rings. The zero-order valence-electron chi connectivity index (χ0n) is 3.63. The van der Waals surface area contributed by atoms with Crippen LogP contribution in [0.2, 0.25) is 0 Å². The minimum atomic E-state index is 0. The summed E-state index contributed by atoms with van der Waals surface area (Å²) in [6, 6.07) is 0. The van der Waals surface area contributed by atoms with Crippen molar-refractivity contribution in [3.63, 3.8) is 0 Å². The van der Waals surface area contributed by atoms with E-state index in [0.29, 0.717) is 0 Å². The maximum absolute atomic E-state index is 4.58. The molecule has 1 aliphatic heterocycles. The molecule has 1 aliphatic rings. The van der Waals surface area contributed by atoms with E-state index in [1.165, 1.54) is 25.0 Å². The smallest absolute Gasteiger partial charge is 0.125 e. The van der Waals surface area contributed by atoms with Crippen molar-refractivity contribution in [2.24, 2.45) is 0 Å². The van der Waals surface area contributed by atoms with Crippen molar-refractivity contribution in [2.75, 3.05) is 0 Å². The van der Waals surface area contributed by atoms with Gasteiger partial charge in [0.1, 0.15) is 25.0 Å². The highest BCUT2D eigenvalue weighted by molar-refractivity contribution is 7.59. The molecule has 0 atom stereocenters. The molecule has 0 aromatic carbocycles. The molecule has 1 rings (SSSR count). The molecule has 0 amide bonds. The average molecular weight is 118 g/mol. The third-order valence-corrected chi connectivity index (χ3v) is 0.425. The van der Waals surface area contributed by atoms with Gasteiger partial charge in [0.25, 0.3) is 0 Å². The van der Waals surface area contributed by atoms with Crippen LogP contribution in [0.25, 0.3) is 0 Å². The van der Waals surface area contributed by atoms with Crippen molar-refractivity contribution in [2.45, 2.75) is 0 Å². The van der Waals surface area contributed by atoms with Crippen LogP contribution < -0.4 is 0 Å². The van der Waals surface area contributed by atoms with Crippen molar-refractivity contribution >= 4 is 13.5 Å². The van der Waals surface area contributed by atoms with Crippen molar-refractivity contribution in [3.05, 3.63) is 25.0 Å². The van der Waals surface area contributed by atoms with Crippen LogP contribution in [-0.2, 0) is 9.47 Å². The summed E-state index contributed by atoms with van der Waals surface area (Å²) in [4.78, 5) is 0. The van der Waals surface area contributed by atoms with Crippen LogP contribution in [0.5, 0.6) is 0 Å². The Morgan fingerprint density at radius 1 is 0.714 bits per heavy atom. The molecule has 0 unspecified atom stereocenters. The van der Waals surface area contributed by atoms with Crippen LogP contribution >= 0.6 is 13.5 Å². The Bertz CT molecular complexity index is 67.7. The van der Waals surface area contributed by atoms with E-state index in [0.717, 1.165) is 0 Å². The molecule has 0 aliphatic carbocycles. The lowest BCUT2D eigenvalue weighted by Gasteiger charge is -1.94. The van der Waals surface area contributed by atoms with Gasteiger partial charge in [-0.15, -0.1) is 0 Å². The summed E-state index contributed by atoms with van der Waals surface area (Å²) in [6.45, 7) is 0. The van der Waals surface area contributed by atoms with E-state index in [4.69, 9.17) is 0 Å². The maximum Gasteiger partial charge on any atom is 0.125 e. The fourth-order valence-corrected chi connectivity index (χ4v) is 0.219. The molecule has 0 spiro atoms. The fraction of sp³-hybridized carbons (Fsp3) is 0. The normalized spacial score (nSPS) is 13.7. The molecule has 0 saturated heterocycles. The van der Waals surface area contributed by atoms with Gasteiger partial charge in [0.15, 0.2) is 0 Å². The molecular weight excluding hydrogens is 112 g/mol. The molecule has 1 heterocycles. The van der Waals surface area contributed by atoms with Crippen molar-refractivity contribution in [1.29, 1.82) is 0 Å². The highest BCUT2D eigenvalue weighted by Crippen LogP contribution is 1.89. The molecular formula is C4H6O2S. The molecule has 0 saturated carbocycles. The SMILES string of the molecule is C1=COC=CO1.S. The first-order chi connectivity index (χ1) is 3.00. The van der Waals surface area contributed by atoms with Crippen LogP contribution in [0, 0.1) is 0 Å². The van der Waals surface area contributed by atoms with Crippen LogP contribution in [0.1, 0.15) is 0 Å². The molecule has 0 bridgehead atoms. The topological polar surface area (TPSA) is 18.5 Å². The Morgan fingerprint density at radius 3 is 1.14 bits per heavy atom. The minimum absolute atomic E-state index is 0. The van der Waals surface area contributed by atoms with Crippen molar-refractivity contribution < 1.29 is 9.47 Å². The number of rotatable bonds is 0. The van der Waals surface area contributed by atoms with E-state index in [9.17, 15) is 0 Å². The zero-order chi connectivity index (χ0) is 4.24. The summed E-state index contributed by atoms with van der Waals surface area (Å²) in [7, 11) is 0. The van der Waals surface area contributed by atoms with Gasteiger partial charge in [-0.1, -0.05) is 0 Å². The van der Waals surface area contributed by atoms with Gasteiger partial charge >= 0.3 is 0 Å². The van der Waals surface area contributed by atoms with Gasteiger partial charge < -0.3 is 9.47 Å². The average Bonchev–Trinajstić information content (AvgIpc) is 1.72. The number of hydrogen-bond acceptors (Lipinski definition) is 2. The number of ether oxygens (including phenoxy) is 2. The second kappa shape index (κ2) is 3.61.